The highest BCUT2D eigenvalue weighted by Crippen LogP contribution is 2.39. The quantitative estimate of drug-likeness (QED) is 0.195. The Morgan fingerprint density at radius 2 is 1.24 bits per heavy atom. The number of nitrogens with zero attached hydrogens (tertiary/aromatic N) is 2. The van der Waals surface area contributed by atoms with Crippen molar-refractivity contribution in [1.29, 1.82) is 0 Å². The first-order chi connectivity index (χ1) is 22.0. The summed E-state index contributed by atoms with van der Waals surface area (Å²) in [6, 6.07) is 43.5. The Kier molecular flexibility index (Phi) is 5.54. The number of pyridine rings is 1. The van der Waals surface area contributed by atoms with Crippen molar-refractivity contribution in [2.24, 2.45) is 0 Å². The van der Waals surface area contributed by atoms with E-state index in [1.165, 1.54) is 44.2 Å². The van der Waals surface area contributed by atoms with Gasteiger partial charge < -0.3 is 4.42 Å². The predicted molar refractivity (Wildman–Crippen MR) is 188 cm³/mol. The van der Waals surface area contributed by atoms with E-state index in [0.717, 1.165) is 55.3 Å². The molecule has 3 heterocycles. The Morgan fingerprint density at radius 1 is 0.556 bits per heavy atom. The molecule has 9 rings (SSSR count). The lowest BCUT2D eigenvalue weighted by Gasteiger charge is -2.15. The molecular formula is C42H30N2O. The fourth-order valence-corrected chi connectivity index (χ4v) is 7.43. The van der Waals surface area contributed by atoms with Crippen LogP contribution < -0.4 is 0 Å². The van der Waals surface area contributed by atoms with Gasteiger partial charge >= 0.3 is 0 Å². The van der Waals surface area contributed by atoms with Gasteiger partial charge in [-0.15, -0.1) is 0 Å². The summed E-state index contributed by atoms with van der Waals surface area (Å²) in [5, 5.41) is 5.86. The lowest BCUT2D eigenvalue weighted by atomic mass is 9.95. The highest BCUT2D eigenvalue weighted by molar-refractivity contribution is 6.13. The van der Waals surface area contributed by atoms with Gasteiger partial charge in [0.1, 0.15) is 16.8 Å². The second-order valence-corrected chi connectivity index (χ2v) is 12.2. The molecule has 0 N–H and O–H groups in total. The van der Waals surface area contributed by atoms with Crippen molar-refractivity contribution in [2.75, 3.05) is 0 Å². The van der Waals surface area contributed by atoms with Crippen molar-refractivity contribution >= 4 is 49.3 Å². The number of fused-ring (bicyclic) bond motifs is 9. The number of hydrogen-bond acceptors (Lipinski definition) is 2. The number of hydrogen-bond donors (Lipinski definition) is 0. The molecule has 0 fully saturated rings. The Morgan fingerprint density at radius 3 is 2.09 bits per heavy atom. The van der Waals surface area contributed by atoms with Gasteiger partial charge in [0.15, 0.2) is 0 Å². The van der Waals surface area contributed by atoms with E-state index >= 15 is 0 Å². The number of aromatic nitrogens is 2. The molecule has 6 aromatic carbocycles. The number of aryl methyl sites for hydroxylation is 3. The van der Waals surface area contributed by atoms with Crippen molar-refractivity contribution in [1.82, 2.24) is 9.38 Å². The highest BCUT2D eigenvalue weighted by atomic mass is 16.3. The minimum absolute atomic E-state index is 0.915. The zero-order valence-electron chi connectivity index (χ0n) is 25.4. The van der Waals surface area contributed by atoms with Crippen molar-refractivity contribution in [2.45, 2.75) is 20.8 Å². The van der Waals surface area contributed by atoms with Gasteiger partial charge in [-0.1, -0.05) is 103 Å². The van der Waals surface area contributed by atoms with E-state index in [1.54, 1.807) is 0 Å². The zero-order chi connectivity index (χ0) is 30.2. The van der Waals surface area contributed by atoms with Crippen molar-refractivity contribution in [3.05, 3.63) is 144 Å². The fourth-order valence-electron chi connectivity index (χ4n) is 7.43. The minimum Gasteiger partial charge on any atom is -0.455 e. The molecule has 0 aliphatic carbocycles. The summed E-state index contributed by atoms with van der Waals surface area (Å²) in [7, 11) is 0. The molecule has 3 aromatic heterocycles. The molecule has 0 saturated heterocycles. The smallest absolute Gasteiger partial charge is 0.145 e. The molecule has 3 nitrogen and oxygen atoms in total. The third-order valence-electron chi connectivity index (χ3n) is 9.30. The Hall–Kier alpha value is -5.67. The molecule has 45 heavy (non-hydrogen) atoms. The van der Waals surface area contributed by atoms with Gasteiger partial charge in [0, 0.05) is 32.7 Å². The average molecular weight is 579 g/mol. The largest absolute Gasteiger partial charge is 0.455 e. The van der Waals surface area contributed by atoms with Crippen molar-refractivity contribution in [3.8, 4) is 33.5 Å². The van der Waals surface area contributed by atoms with E-state index in [9.17, 15) is 0 Å². The lowest BCUT2D eigenvalue weighted by Crippen LogP contribution is -1.97. The lowest BCUT2D eigenvalue weighted by molar-refractivity contribution is 0.670. The van der Waals surface area contributed by atoms with Crippen LogP contribution in [0.5, 0.6) is 0 Å². The number of furan rings is 1. The standard InChI is InChI=1S/C42H30N2O/c1-25-20-26(2)40(27(3)21-25)38-24-43-42-35-14-5-4-12-32(35)36-23-29(18-19-37(36)44(38)42)28-10-8-11-30(22-28)31-15-9-16-34-33-13-6-7-17-39(33)45-41(31)34/h4-24H,1-3H3. The molecule has 0 unspecified atom stereocenters. The molecule has 214 valence electrons. The first-order valence-corrected chi connectivity index (χ1v) is 15.5. The van der Waals surface area contributed by atoms with Gasteiger partial charge in [-0.25, -0.2) is 4.98 Å². The summed E-state index contributed by atoms with van der Waals surface area (Å²) in [5.74, 6) is 0. The van der Waals surface area contributed by atoms with Crippen LogP contribution >= 0.6 is 0 Å². The molecule has 0 saturated carbocycles. The van der Waals surface area contributed by atoms with Gasteiger partial charge in [0.2, 0.25) is 0 Å². The van der Waals surface area contributed by atoms with Crippen LogP contribution in [0.3, 0.4) is 0 Å². The summed E-state index contributed by atoms with van der Waals surface area (Å²) in [6.45, 7) is 6.57. The van der Waals surface area contributed by atoms with Crippen molar-refractivity contribution < 1.29 is 4.42 Å². The molecule has 0 aliphatic rings. The first kappa shape index (κ1) is 25.8. The first-order valence-electron chi connectivity index (χ1n) is 15.5. The number of para-hydroxylation sites is 2. The van der Waals surface area contributed by atoms with Gasteiger partial charge in [-0.05, 0) is 78.2 Å². The molecular weight excluding hydrogens is 548 g/mol. The summed E-state index contributed by atoms with van der Waals surface area (Å²) >= 11 is 0. The van der Waals surface area contributed by atoms with Crippen LogP contribution in [0.25, 0.3) is 82.8 Å². The van der Waals surface area contributed by atoms with Crippen LogP contribution in [0.15, 0.2) is 132 Å². The number of imidazole rings is 1. The second kappa shape index (κ2) is 9.67. The Bertz CT molecular complexity index is 2610. The third kappa shape index (κ3) is 3.87. The fraction of sp³-hybridized carbons (Fsp3) is 0.0714. The van der Waals surface area contributed by atoms with Crippen molar-refractivity contribution in [3.63, 3.8) is 0 Å². The van der Waals surface area contributed by atoms with Gasteiger partial charge in [-0.2, -0.15) is 0 Å². The minimum atomic E-state index is 0.915. The molecule has 0 atom stereocenters. The van der Waals surface area contributed by atoms with Crippen LogP contribution in [-0.2, 0) is 0 Å². The normalized spacial score (nSPS) is 11.9. The van der Waals surface area contributed by atoms with Crippen LogP contribution in [0.1, 0.15) is 16.7 Å². The molecule has 0 bridgehead atoms. The highest BCUT2D eigenvalue weighted by Gasteiger charge is 2.18. The van der Waals surface area contributed by atoms with Crippen LogP contribution in [-0.4, -0.2) is 9.38 Å². The summed E-state index contributed by atoms with van der Waals surface area (Å²) in [5.41, 5.74) is 14.8. The molecule has 0 aliphatic heterocycles. The average Bonchev–Trinajstić information content (AvgIpc) is 3.67. The monoisotopic (exact) mass is 578 g/mol. The number of benzene rings is 6. The van der Waals surface area contributed by atoms with E-state index < -0.39 is 0 Å². The molecule has 0 amide bonds. The summed E-state index contributed by atoms with van der Waals surface area (Å²) in [6.07, 6.45) is 2.04. The molecule has 3 heteroatoms. The van der Waals surface area contributed by atoms with Crippen LogP contribution in [0, 0.1) is 20.8 Å². The Balaban J connectivity index is 1.26. The zero-order valence-corrected chi connectivity index (χ0v) is 25.4. The maximum atomic E-state index is 6.38. The van der Waals surface area contributed by atoms with Crippen LogP contribution in [0.4, 0.5) is 0 Å². The topological polar surface area (TPSA) is 30.4 Å². The molecule has 0 spiro atoms. The summed E-state index contributed by atoms with van der Waals surface area (Å²) < 4.78 is 8.74. The van der Waals surface area contributed by atoms with Gasteiger partial charge in [-0.3, -0.25) is 4.40 Å². The maximum absolute atomic E-state index is 6.38. The number of rotatable bonds is 3. The second-order valence-electron chi connectivity index (χ2n) is 12.2. The molecule has 0 radical (unpaired) electrons. The SMILES string of the molecule is Cc1cc(C)c(-c2cnc3c4ccccc4c4cc(-c5cccc(-c6cccc7c6oc6ccccc67)c5)ccc4n23)c(C)c1. The van der Waals surface area contributed by atoms with Crippen LogP contribution in [0.2, 0.25) is 0 Å². The van der Waals surface area contributed by atoms with Gasteiger partial charge in [0.25, 0.3) is 0 Å². The van der Waals surface area contributed by atoms with E-state index in [4.69, 9.17) is 9.40 Å². The van der Waals surface area contributed by atoms with E-state index in [0.29, 0.717) is 0 Å². The predicted octanol–water partition coefficient (Wildman–Crippen LogP) is 11.5. The summed E-state index contributed by atoms with van der Waals surface area (Å²) in [4.78, 5) is 5.00. The van der Waals surface area contributed by atoms with E-state index in [-0.39, 0.29) is 0 Å². The van der Waals surface area contributed by atoms with E-state index in [2.05, 4.69) is 134 Å². The Labute approximate surface area is 261 Å². The van der Waals surface area contributed by atoms with E-state index in [1.807, 2.05) is 18.3 Å². The third-order valence-corrected chi connectivity index (χ3v) is 9.30. The maximum Gasteiger partial charge on any atom is 0.145 e. The molecule has 9 aromatic rings. The van der Waals surface area contributed by atoms with Gasteiger partial charge in [0.05, 0.1) is 17.4 Å².